The number of nitrogens with zero attached hydrogens (tertiary/aromatic N) is 2. The van der Waals surface area contributed by atoms with E-state index in [0.717, 1.165) is 67.6 Å². The van der Waals surface area contributed by atoms with Crippen molar-refractivity contribution in [1.29, 1.82) is 0 Å². The van der Waals surface area contributed by atoms with E-state index in [1.807, 2.05) is 6.07 Å². The number of hydrogen-bond donors (Lipinski definition) is 2. The fourth-order valence-corrected chi connectivity index (χ4v) is 19.3. The summed E-state index contributed by atoms with van der Waals surface area (Å²) in [7, 11) is -2.91. The molecule has 0 aliphatic carbocycles. The molecule has 2 N–H and O–H groups in total. The molecule has 0 fully saturated rings. The van der Waals surface area contributed by atoms with Crippen molar-refractivity contribution in [3.63, 3.8) is 0 Å². The molecule has 8 aromatic carbocycles. The topological polar surface area (TPSA) is 68.8 Å². The Morgan fingerprint density at radius 2 is 0.804 bits per heavy atom. The SMILES string of the molecule is CC(C)[Si](COc1ccc(F)cc1-c1cc(C(C)(C)CC(C)(C)C)cc(-n2c3ccc(C(C)(C)C)cc3c3cc(C(C)(C)C)ccc32)c1O)(COc1c(C(C)(C)CC(C)(C)C)cc(-n2c3ccc(C(C)(C)C)cc3c3cc(C(C)(C)C)ccc32)c(O)c1-c1cccc(F)c1)C(C)C. The van der Waals surface area contributed by atoms with Crippen LogP contribution in [0.3, 0.4) is 0 Å². The van der Waals surface area contributed by atoms with Crippen LogP contribution in [-0.4, -0.2) is 39.9 Å². The average Bonchev–Trinajstić information content (AvgIpc) is 1.66. The zero-order valence-corrected chi connectivity index (χ0v) is 64.5. The fraction of sp³-hybridized carbons (Fsp3) is 0.455. The molecule has 0 aliphatic rings. The van der Waals surface area contributed by atoms with Crippen molar-refractivity contribution in [1.82, 2.24) is 9.13 Å². The molecule has 0 aliphatic heterocycles. The van der Waals surface area contributed by atoms with Gasteiger partial charge in [-0.2, -0.15) is 0 Å². The van der Waals surface area contributed by atoms with Crippen molar-refractivity contribution < 1.29 is 28.5 Å². The van der Waals surface area contributed by atoms with Gasteiger partial charge in [-0.25, -0.2) is 8.78 Å². The summed E-state index contributed by atoms with van der Waals surface area (Å²) in [4.78, 5) is 0. The molecule has 2 aromatic heterocycles. The van der Waals surface area contributed by atoms with E-state index in [4.69, 9.17) is 9.47 Å². The molecule has 0 bridgehead atoms. The van der Waals surface area contributed by atoms with Crippen LogP contribution >= 0.6 is 0 Å². The number of phenols is 2. The predicted molar refractivity (Wildman–Crippen MR) is 412 cm³/mol. The monoisotopic (exact) mass is 1330 g/mol. The average molecular weight is 1330 g/mol. The Morgan fingerprint density at radius 1 is 0.402 bits per heavy atom. The van der Waals surface area contributed by atoms with E-state index in [1.165, 1.54) is 46.5 Å². The summed E-state index contributed by atoms with van der Waals surface area (Å²) < 4.78 is 52.0. The highest BCUT2D eigenvalue weighted by Gasteiger charge is 2.45. The van der Waals surface area contributed by atoms with Crippen LogP contribution in [0.1, 0.15) is 226 Å². The van der Waals surface area contributed by atoms with Crippen LogP contribution in [0.15, 0.2) is 133 Å². The Bertz CT molecular complexity index is 4490. The first kappa shape index (κ1) is 72.4. The van der Waals surface area contributed by atoms with Gasteiger partial charge < -0.3 is 28.8 Å². The van der Waals surface area contributed by atoms with Gasteiger partial charge in [-0.15, -0.1) is 0 Å². The maximum Gasteiger partial charge on any atom is 0.151 e. The number of fused-ring (bicyclic) bond motifs is 6. The third-order valence-corrected chi connectivity index (χ3v) is 26.8. The van der Waals surface area contributed by atoms with E-state index in [0.29, 0.717) is 45.1 Å². The molecule has 0 saturated heterocycles. The summed E-state index contributed by atoms with van der Waals surface area (Å²) in [6.07, 6.45) is 2.13. The Labute approximate surface area is 580 Å². The molecule has 2 heterocycles. The van der Waals surface area contributed by atoms with Gasteiger partial charge in [-0.05, 0) is 198 Å². The van der Waals surface area contributed by atoms with E-state index in [9.17, 15) is 10.2 Å². The number of rotatable bonds is 16. The molecule has 0 saturated carbocycles. The standard InChI is InChI=1S/C88H112F2N2O4Si/c1-53(2)97(54(3)4,51-95-76-39-34-62(90)47-67(76)68-45-60(87(23,24)49-81(5,6)7)46-74(78(68)93)91-70-35-30-56(83(11,12)13)41-63(70)64-42-57(84(14,15)16)31-36-71(64)91)52-96-80-69(88(25,26)50-82(8,9)10)48-75(79(94)77(80)55-28-27-29-61(89)40-55)92-72-37-32-58(85(17,18)19)43-65(72)66-44-59(86(20,21)22)33-38-73(66)92/h27-48,53-54,93-94H,49-52H2,1-26H3. The number of halogens is 2. The molecule has 6 nitrogen and oxygen atoms in total. The van der Waals surface area contributed by atoms with E-state index in [-0.39, 0.29) is 67.5 Å². The first-order chi connectivity index (χ1) is 44.6. The molecule has 10 aromatic rings. The Hall–Kier alpha value is -7.36. The normalized spacial score (nSPS) is 13.6. The van der Waals surface area contributed by atoms with Gasteiger partial charge in [0.1, 0.15) is 37.0 Å². The molecule has 97 heavy (non-hydrogen) atoms. The molecule has 0 atom stereocenters. The van der Waals surface area contributed by atoms with Gasteiger partial charge in [-0.3, -0.25) is 0 Å². The molecule has 0 amide bonds. The molecule has 9 heteroatoms. The van der Waals surface area contributed by atoms with E-state index >= 15 is 8.78 Å². The fourth-order valence-electron chi connectivity index (χ4n) is 15.7. The second-order valence-electron chi connectivity index (χ2n) is 37.0. The van der Waals surface area contributed by atoms with Gasteiger partial charge in [0.2, 0.25) is 0 Å². The van der Waals surface area contributed by atoms with Crippen LogP contribution in [0.4, 0.5) is 8.78 Å². The molecular weight excluding hydrogens is 1220 g/mol. The summed E-state index contributed by atoms with van der Waals surface area (Å²) in [5.41, 5.74) is 12.1. The Balaban J connectivity index is 1.17. The summed E-state index contributed by atoms with van der Waals surface area (Å²) >= 11 is 0. The summed E-state index contributed by atoms with van der Waals surface area (Å²) in [6.45, 7) is 58.5. The third-order valence-electron chi connectivity index (χ3n) is 20.9. The first-order valence-corrected chi connectivity index (χ1v) is 38.0. The van der Waals surface area contributed by atoms with E-state index in [2.05, 4.69) is 280 Å². The second-order valence-corrected chi connectivity index (χ2v) is 42.4. The summed E-state index contributed by atoms with van der Waals surface area (Å²) in [5.74, 6) is 0.0835. The number of benzene rings is 8. The minimum Gasteiger partial charge on any atom is -0.505 e. The number of ether oxygens (including phenoxy) is 2. The maximum absolute atomic E-state index is 16.5. The number of aromatic nitrogens is 2. The molecule has 0 unspecified atom stereocenters. The largest absolute Gasteiger partial charge is 0.505 e. The predicted octanol–water partition coefficient (Wildman–Crippen LogP) is 25.3. The summed E-state index contributed by atoms with van der Waals surface area (Å²) in [6, 6.07) is 44.4. The molecule has 0 radical (unpaired) electrons. The molecule has 516 valence electrons. The van der Waals surface area contributed by atoms with Crippen LogP contribution in [0.5, 0.6) is 23.0 Å². The zero-order chi connectivity index (χ0) is 71.6. The van der Waals surface area contributed by atoms with E-state index in [1.54, 1.807) is 12.1 Å². The highest BCUT2D eigenvalue weighted by atomic mass is 28.3. The van der Waals surface area contributed by atoms with Crippen LogP contribution < -0.4 is 9.47 Å². The molecule has 0 spiro atoms. The lowest BCUT2D eigenvalue weighted by Gasteiger charge is -2.40. The number of phenolic OH excluding ortho intramolecular Hbond substituents is 2. The summed E-state index contributed by atoms with van der Waals surface area (Å²) in [5, 5.41) is 31.3. The van der Waals surface area contributed by atoms with Gasteiger partial charge in [0.15, 0.2) is 5.75 Å². The highest BCUT2D eigenvalue weighted by Crippen LogP contribution is 2.54. The highest BCUT2D eigenvalue weighted by molar-refractivity contribution is 6.82. The minimum atomic E-state index is -2.91. The lowest BCUT2D eigenvalue weighted by molar-refractivity contribution is 0.272. The van der Waals surface area contributed by atoms with Gasteiger partial charge in [0, 0.05) is 38.2 Å². The van der Waals surface area contributed by atoms with Crippen LogP contribution in [0, 0.1) is 22.5 Å². The lowest BCUT2D eigenvalue weighted by Crippen LogP contribution is -2.53. The third kappa shape index (κ3) is 14.3. The van der Waals surface area contributed by atoms with Gasteiger partial charge in [-0.1, -0.05) is 216 Å². The quantitative estimate of drug-likeness (QED) is 0.0946. The van der Waals surface area contributed by atoms with Gasteiger partial charge in [0.05, 0.1) is 51.5 Å². The minimum absolute atomic E-state index is 0.0135. The van der Waals surface area contributed by atoms with Crippen molar-refractivity contribution in [2.75, 3.05) is 12.5 Å². The maximum atomic E-state index is 16.5. The van der Waals surface area contributed by atoms with Crippen LogP contribution in [0.2, 0.25) is 11.1 Å². The van der Waals surface area contributed by atoms with Crippen molar-refractivity contribution in [3.05, 3.63) is 178 Å². The second kappa shape index (κ2) is 25.1. The van der Waals surface area contributed by atoms with Gasteiger partial charge in [0.25, 0.3) is 0 Å². The number of hydrogen-bond acceptors (Lipinski definition) is 4. The van der Waals surface area contributed by atoms with Crippen molar-refractivity contribution in [2.45, 2.75) is 236 Å². The van der Waals surface area contributed by atoms with Gasteiger partial charge >= 0.3 is 0 Å². The Morgan fingerprint density at radius 3 is 1.21 bits per heavy atom. The lowest BCUT2D eigenvalue weighted by atomic mass is 9.71. The molecular formula is C88H112F2N2O4Si. The van der Waals surface area contributed by atoms with Crippen molar-refractivity contribution >= 4 is 51.7 Å². The zero-order valence-electron chi connectivity index (χ0n) is 63.5. The van der Waals surface area contributed by atoms with Crippen molar-refractivity contribution in [3.8, 4) is 56.6 Å². The molecule has 10 rings (SSSR count). The van der Waals surface area contributed by atoms with Crippen LogP contribution in [0.25, 0.3) is 77.2 Å². The smallest absolute Gasteiger partial charge is 0.151 e. The first-order valence-electron chi connectivity index (χ1n) is 35.4. The Kier molecular flexibility index (Phi) is 18.7. The number of aromatic hydroxyl groups is 2. The van der Waals surface area contributed by atoms with Crippen molar-refractivity contribution in [2.24, 2.45) is 10.8 Å². The van der Waals surface area contributed by atoms with Crippen LogP contribution in [-0.2, 0) is 32.5 Å². The van der Waals surface area contributed by atoms with E-state index < -0.39 is 30.5 Å².